The highest BCUT2D eigenvalue weighted by Gasteiger charge is 2.35. The Balaban J connectivity index is 2.12. The molecule has 3 nitrogen and oxygen atoms in total. The van der Waals surface area contributed by atoms with Crippen LogP contribution >= 0.6 is 0 Å². The van der Waals surface area contributed by atoms with Gasteiger partial charge in [-0.2, -0.15) is 0 Å². The maximum absolute atomic E-state index is 9.63. The molecule has 4 aromatic rings. The van der Waals surface area contributed by atoms with E-state index in [0.29, 0.717) is 0 Å². The topological polar surface area (TPSA) is 38.0 Å². The summed E-state index contributed by atoms with van der Waals surface area (Å²) in [6.45, 7) is 4.49. The van der Waals surface area contributed by atoms with Crippen LogP contribution in [0.5, 0.6) is 0 Å². The summed E-state index contributed by atoms with van der Waals surface area (Å²) in [7, 11) is 1.19. The number of rotatable bonds is 1. The average Bonchev–Trinajstić information content (AvgIpc) is 2.94. The standard InChI is InChI=1S/C20H16BN2O/c1-20(2)15-7-3-4-8-17(15)23-18-14(10-12(21-24)11-16(18)20)13-6-5-9-22-19(13)23/h3-11,24H,1-2H3. The van der Waals surface area contributed by atoms with Crippen LogP contribution in [-0.2, 0) is 5.41 Å². The molecule has 1 radical (unpaired) electrons. The van der Waals surface area contributed by atoms with Crippen LogP contribution in [0.25, 0.3) is 27.6 Å². The summed E-state index contributed by atoms with van der Waals surface area (Å²) in [6.07, 6.45) is 1.84. The molecule has 0 spiro atoms. The van der Waals surface area contributed by atoms with E-state index in [1.165, 1.54) is 29.8 Å². The van der Waals surface area contributed by atoms with Crippen LogP contribution in [-0.4, -0.2) is 22.1 Å². The predicted molar refractivity (Wildman–Crippen MR) is 98.3 cm³/mol. The van der Waals surface area contributed by atoms with Gasteiger partial charge in [0.2, 0.25) is 0 Å². The first-order valence-corrected chi connectivity index (χ1v) is 8.14. The Labute approximate surface area is 140 Å². The highest BCUT2D eigenvalue weighted by Crippen LogP contribution is 2.46. The van der Waals surface area contributed by atoms with Crippen LogP contribution in [0.2, 0.25) is 0 Å². The fraction of sp³-hybridized carbons (Fsp3) is 0.150. The van der Waals surface area contributed by atoms with Crippen LogP contribution in [0.15, 0.2) is 54.7 Å². The molecule has 0 aliphatic carbocycles. The number of nitrogens with zero attached hydrogens (tertiary/aromatic N) is 2. The zero-order chi connectivity index (χ0) is 16.5. The summed E-state index contributed by atoms with van der Waals surface area (Å²) in [4.78, 5) is 4.66. The Bertz CT molecular complexity index is 1130. The molecule has 2 aromatic carbocycles. The molecule has 0 unspecified atom stereocenters. The zero-order valence-electron chi connectivity index (χ0n) is 13.6. The minimum absolute atomic E-state index is 0.141. The summed E-state index contributed by atoms with van der Waals surface area (Å²) >= 11 is 0. The van der Waals surface area contributed by atoms with Gasteiger partial charge in [0.1, 0.15) is 5.65 Å². The lowest BCUT2D eigenvalue weighted by atomic mass is 9.72. The van der Waals surface area contributed by atoms with Crippen LogP contribution in [0.1, 0.15) is 25.0 Å². The number of hydrogen-bond acceptors (Lipinski definition) is 2. The van der Waals surface area contributed by atoms with Crippen molar-refractivity contribution < 1.29 is 5.02 Å². The fourth-order valence-corrected chi connectivity index (χ4v) is 4.12. The minimum atomic E-state index is -0.141. The van der Waals surface area contributed by atoms with E-state index in [4.69, 9.17) is 0 Å². The van der Waals surface area contributed by atoms with Gasteiger partial charge in [0.05, 0.1) is 11.2 Å². The normalized spacial score (nSPS) is 14.8. The van der Waals surface area contributed by atoms with E-state index >= 15 is 0 Å². The average molecular weight is 311 g/mol. The highest BCUT2D eigenvalue weighted by atomic mass is 16.2. The van der Waals surface area contributed by atoms with Gasteiger partial charge in [-0.05, 0) is 29.3 Å². The second-order valence-corrected chi connectivity index (χ2v) is 6.95. The van der Waals surface area contributed by atoms with Crippen LogP contribution in [0.3, 0.4) is 0 Å². The van der Waals surface area contributed by atoms with Crippen molar-refractivity contribution in [3.63, 3.8) is 0 Å². The third-order valence-electron chi connectivity index (χ3n) is 5.29. The van der Waals surface area contributed by atoms with Gasteiger partial charge in [-0.15, -0.1) is 0 Å². The largest absolute Gasteiger partial charge is 0.450 e. The maximum atomic E-state index is 9.63. The number of pyridine rings is 1. The molecular weight excluding hydrogens is 295 g/mol. The number of hydrogen-bond donors (Lipinski definition) is 1. The second kappa shape index (κ2) is 4.49. The summed E-state index contributed by atoms with van der Waals surface area (Å²) in [5, 5.41) is 11.9. The van der Waals surface area contributed by atoms with E-state index in [9.17, 15) is 5.02 Å². The van der Waals surface area contributed by atoms with Crippen molar-refractivity contribution in [1.82, 2.24) is 9.55 Å². The molecule has 0 bridgehead atoms. The van der Waals surface area contributed by atoms with Gasteiger partial charge >= 0.3 is 7.48 Å². The molecule has 115 valence electrons. The molecule has 1 aliphatic rings. The zero-order valence-corrected chi connectivity index (χ0v) is 13.6. The lowest BCUT2D eigenvalue weighted by molar-refractivity contribution is 0.614. The van der Waals surface area contributed by atoms with Crippen LogP contribution < -0.4 is 5.46 Å². The first-order chi connectivity index (χ1) is 11.6. The molecule has 0 saturated heterocycles. The molecule has 0 atom stereocenters. The number of fused-ring (bicyclic) bond motifs is 5. The van der Waals surface area contributed by atoms with E-state index in [-0.39, 0.29) is 5.41 Å². The second-order valence-electron chi connectivity index (χ2n) is 6.95. The van der Waals surface area contributed by atoms with Gasteiger partial charge < -0.3 is 5.02 Å². The minimum Gasteiger partial charge on any atom is -0.450 e. The summed E-state index contributed by atoms with van der Waals surface area (Å²) in [6, 6.07) is 16.7. The molecule has 0 saturated carbocycles. The predicted octanol–water partition coefficient (Wildman–Crippen LogP) is 3.05. The number of para-hydroxylation sites is 1. The Hall–Kier alpha value is -2.59. The van der Waals surface area contributed by atoms with E-state index in [1.807, 2.05) is 18.3 Å². The quantitative estimate of drug-likeness (QED) is 0.549. The summed E-state index contributed by atoms with van der Waals surface area (Å²) in [5.74, 6) is 0. The first kappa shape index (κ1) is 13.8. The van der Waals surface area contributed by atoms with Crippen molar-refractivity contribution in [2.24, 2.45) is 0 Å². The summed E-state index contributed by atoms with van der Waals surface area (Å²) in [5.41, 5.74) is 6.53. The third kappa shape index (κ3) is 1.54. The van der Waals surface area contributed by atoms with Gasteiger partial charge in [0.25, 0.3) is 0 Å². The van der Waals surface area contributed by atoms with Gasteiger partial charge in [0, 0.05) is 22.4 Å². The Morgan fingerprint density at radius 1 is 1.00 bits per heavy atom. The van der Waals surface area contributed by atoms with Crippen LogP contribution in [0, 0.1) is 0 Å². The van der Waals surface area contributed by atoms with Gasteiger partial charge in [-0.1, -0.05) is 49.6 Å². The van der Waals surface area contributed by atoms with Crippen molar-refractivity contribution in [2.45, 2.75) is 19.3 Å². The van der Waals surface area contributed by atoms with E-state index in [2.05, 4.69) is 59.8 Å². The molecule has 2 aromatic heterocycles. The number of aromatic nitrogens is 2. The monoisotopic (exact) mass is 311 g/mol. The van der Waals surface area contributed by atoms with Crippen LogP contribution in [0.4, 0.5) is 0 Å². The Morgan fingerprint density at radius 3 is 2.67 bits per heavy atom. The van der Waals surface area contributed by atoms with Gasteiger partial charge in [-0.25, -0.2) is 4.98 Å². The SMILES string of the molecule is CC1(C)c2ccccc2-n2c3ncccc3c3cc([B]O)cc1c32. The smallest absolute Gasteiger partial charge is 0.326 e. The first-order valence-electron chi connectivity index (χ1n) is 8.14. The molecule has 1 aliphatic heterocycles. The lowest BCUT2D eigenvalue weighted by Gasteiger charge is -2.34. The fourth-order valence-electron chi connectivity index (χ4n) is 4.12. The third-order valence-corrected chi connectivity index (χ3v) is 5.29. The van der Waals surface area contributed by atoms with Crippen molar-refractivity contribution in [2.75, 3.05) is 0 Å². The molecule has 0 fully saturated rings. The van der Waals surface area contributed by atoms with Gasteiger partial charge in [-0.3, -0.25) is 4.57 Å². The lowest BCUT2D eigenvalue weighted by Crippen LogP contribution is -2.28. The van der Waals surface area contributed by atoms with E-state index in [0.717, 1.165) is 21.9 Å². The molecule has 1 N–H and O–H groups in total. The molecule has 24 heavy (non-hydrogen) atoms. The molecule has 4 heteroatoms. The molecule has 0 amide bonds. The molecule has 3 heterocycles. The number of benzene rings is 2. The van der Waals surface area contributed by atoms with Crippen molar-refractivity contribution in [3.05, 3.63) is 65.9 Å². The van der Waals surface area contributed by atoms with Crippen molar-refractivity contribution in [3.8, 4) is 5.69 Å². The highest BCUT2D eigenvalue weighted by molar-refractivity contribution is 6.46. The molecule has 5 rings (SSSR count). The van der Waals surface area contributed by atoms with Gasteiger partial charge in [0.15, 0.2) is 0 Å². The van der Waals surface area contributed by atoms with E-state index in [1.54, 1.807) is 0 Å². The van der Waals surface area contributed by atoms with Crippen molar-refractivity contribution in [1.29, 1.82) is 0 Å². The molecular formula is C20H16BN2O. The summed E-state index contributed by atoms with van der Waals surface area (Å²) < 4.78 is 2.27. The maximum Gasteiger partial charge on any atom is 0.326 e. The van der Waals surface area contributed by atoms with E-state index < -0.39 is 0 Å². The Morgan fingerprint density at radius 2 is 1.83 bits per heavy atom. The Kier molecular flexibility index (Phi) is 2.58. The van der Waals surface area contributed by atoms with Crippen molar-refractivity contribution >= 4 is 34.9 Å².